The third-order valence-corrected chi connectivity index (χ3v) is 4.27. The Bertz CT molecular complexity index is 449. The van der Waals surface area contributed by atoms with E-state index in [0.717, 1.165) is 38.0 Å². The zero-order valence-electron chi connectivity index (χ0n) is 15.5. The van der Waals surface area contributed by atoms with Crippen LogP contribution in [0.3, 0.4) is 0 Å². The van der Waals surface area contributed by atoms with Gasteiger partial charge in [-0.2, -0.15) is 0 Å². The molecule has 0 bridgehead atoms. The van der Waals surface area contributed by atoms with Crippen molar-refractivity contribution in [1.29, 1.82) is 0 Å². The molecule has 1 unspecified atom stereocenters. The van der Waals surface area contributed by atoms with Crippen molar-refractivity contribution in [1.82, 2.24) is 4.90 Å². The van der Waals surface area contributed by atoms with Crippen LogP contribution in [0.2, 0.25) is 0 Å². The lowest BCUT2D eigenvalue weighted by atomic mass is 9.94. The maximum Gasteiger partial charge on any atom is 0.313 e. The summed E-state index contributed by atoms with van der Waals surface area (Å²) in [7, 11) is 0. The van der Waals surface area contributed by atoms with E-state index in [1.807, 2.05) is 6.92 Å². The van der Waals surface area contributed by atoms with Crippen LogP contribution >= 0.6 is 0 Å². The summed E-state index contributed by atoms with van der Waals surface area (Å²) in [5.41, 5.74) is 2.39. The van der Waals surface area contributed by atoms with Gasteiger partial charge in [0.2, 0.25) is 0 Å². The number of ether oxygens (including phenoxy) is 1. The molecular weight excluding hydrogens is 286 g/mol. The predicted octanol–water partition coefficient (Wildman–Crippen LogP) is 4.26. The predicted molar refractivity (Wildman–Crippen MR) is 96.8 cm³/mol. The van der Waals surface area contributed by atoms with Crippen molar-refractivity contribution in [2.75, 3.05) is 26.2 Å². The van der Waals surface area contributed by atoms with E-state index in [-0.39, 0.29) is 11.9 Å². The van der Waals surface area contributed by atoms with Crippen LogP contribution in [0.5, 0.6) is 0 Å². The summed E-state index contributed by atoms with van der Waals surface area (Å²) in [5, 5.41) is 0. The number of esters is 1. The monoisotopic (exact) mass is 319 g/mol. The molecule has 130 valence electrons. The number of nitrogens with zero attached hydrogens (tertiary/aromatic N) is 1. The van der Waals surface area contributed by atoms with Crippen LogP contribution in [-0.2, 0) is 16.0 Å². The minimum atomic E-state index is -0.153. The summed E-state index contributed by atoms with van der Waals surface area (Å²) in [5.74, 6) is 0.393. The van der Waals surface area contributed by atoms with Crippen LogP contribution < -0.4 is 0 Å². The van der Waals surface area contributed by atoms with Crippen molar-refractivity contribution < 1.29 is 9.53 Å². The highest BCUT2D eigenvalue weighted by atomic mass is 16.5. The molecule has 0 N–H and O–H groups in total. The maximum atomic E-state index is 12.4. The van der Waals surface area contributed by atoms with Gasteiger partial charge in [-0.15, -0.1) is 0 Å². The molecule has 0 aliphatic carbocycles. The molecule has 0 heterocycles. The molecule has 3 nitrogen and oxygen atoms in total. The van der Waals surface area contributed by atoms with Crippen LogP contribution in [0.4, 0.5) is 0 Å². The molecule has 0 saturated carbocycles. The normalized spacial score (nSPS) is 12.7. The van der Waals surface area contributed by atoms with Crippen molar-refractivity contribution in [2.24, 2.45) is 5.92 Å². The number of benzene rings is 1. The molecule has 0 fully saturated rings. The molecule has 23 heavy (non-hydrogen) atoms. The summed E-state index contributed by atoms with van der Waals surface area (Å²) in [6.07, 6.45) is 1.85. The Balaban J connectivity index is 2.59. The molecule has 0 aromatic heterocycles. The van der Waals surface area contributed by atoms with E-state index in [2.05, 4.69) is 56.9 Å². The Hall–Kier alpha value is -1.35. The highest BCUT2D eigenvalue weighted by Gasteiger charge is 2.20. The lowest BCUT2D eigenvalue weighted by Gasteiger charge is -2.19. The number of carbonyl (C=O) groups is 1. The average molecular weight is 319 g/mol. The van der Waals surface area contributed by atoms with Crippen LogP contribution in [0, 0.1) is 5.92 Å². The second-order valence-corrected chi connectivity index (χ2v) is 6.49. The second kappa shape index (κ2) is 10.4. The van der Waals surface area contributed by atoms with Crippen molar-refractivity contribution in [3.63, 3.8) is 0 Å². The number of rotatable bonds is 10. The third-order valence-electron chi connectivity index (χ3n) is 4.27. The van der Waals surface area contributed by atoms with Gasteiger partial charge >= 0.3 is 5.97 Å². The van der Waals surface area contributed by atoms with Gasteiger partial charge in [0, 0.05) is 6.54 Å². The van der Waals surface area contributed by atoms with Crippen LogP contribution in [0.1, 0.15) is 58.1 Å². The summed E-state index contributed by atoms with van der Waals surface area (Å²) >= 11 is 0. The summed E-state index contributed by atoms with van der Waals surface area (Å²) in [6.45, 7) is 14.0. The van der Waals surface area contributed by atoms with E-state index in [1.165, 1.54) is 5.56 Å². The Kier molecular flexibility index (Phi) is 8.93. The van der Waals surface area contributed by atoms with Crippen molar-refractivity contribution in [3.05, 3.63) is 35.4 Å². The molecule has 3 heteroatoms. The maximum absolute atomic E-state index is 12.4. The zero-order chi connectivity index (χ0) is 17.2. The fraction of sp³-hybridized carbons (Fsp3) is 0.650. The zero-order valence-corrected chi connectivity index (χ0v) is 15.5. The topological polar surface area (TPSA) is 29.5 Å². The summed E-state index contributed by atoms with van der Waals surface area (Å²) < 4.78 is 5.50. The van der Waals surface area contributed by atoms with E-state index < -0.39 is 0 Å². The largest absolute Gasteiger partial charge is 0.464 e. The van der Waals surface area contributed by atoms with Crippen molar-refractivity contribution >= 4 is 5.97 Å². The summed E-state index contributed by atoms with van der Waals surface area (Å²) in [6, 6.07) is 8.44. The Labute approximate surface area is 142 Å². The molecule has 0 radical (unpaired) electrons. The molecular formula is C20H33NO2. The number of hydrogen-bond donors (Lipinski definition) is 0. The number of hydrogen-bond acceptors (Lipinski definition) is 3. The molecule has 0 saturated heterocycles. The third kappa shape index (κ3) is 6.74. The van der Waals surface area contributed by atoms with Gasteiger partial charge in [0.1, 0.15) is 6.61 Å². The fourth-order valence-corrected chi connectivity index (χ4v) is 2.81. The quantitative estimate of drug-likeness (QED) is 0.603. The molecule has 0 aliphatic heterocycles. The minimum Gasteiger partial charge on any atom is -0.464 e. The first-order valence-electron chi connectivity index (χ1n) is 8.99. The summed E-state index contributed by atoms with van der Waals surface area (Å²) in [4.78, 5) is 14.6. The van der Waals surface area contributed by atoms with E-state index in [9.17, 15) is 4.79 Å². The first kappa shape index (κ1) is 19.7. The van der Waals surface area contributed by atoms with Gasteiger partial charge in [-0.05, 0) is 43.0 Å². The van der Waals surface area contributed by atoms with Crippen LogP contribution in [0.15, 0.2) is 24.3 Å². The number of likely N-dealkylation sites (N-methyl/N-ethyl adjacent to an activating group) is 1. The average Bonchev–Trinajstić information content (AvgIpc) is 2.53. The SMILES string of the molecule is CCC(C(=O)OCCN(CC)CC)c1ccc(CC(C)C)cc1. The van der Waals surface area contributed by atoms with E-state index in [0.29, 0.717) is 12.5 Å². The van der Waals surface area contributed by atoms with Gasteiger partial charge in [-0.1, -0.05) is 58.9 Å². The van der Waals surface area contributed by atoms with Crippen LogP contribution in [-0.4, -0.2) is 37.1 Å². The second-order valence-electron chi connectivity index (χ2n) is 6.49. The standard InChI is InChI=1S/C20H33NO2/c1-6-19(20(22)23-14-13-21(7-2)8-3)18-11-9-17(10-12-18)15-16(4)5/h9-12,16,19H,6-8,13-15H2,1-5H3. The molecule has 1 aromatic carbocycles. The van der Waals surface area contributed by atoms with E-state index in [4.69, 9.17) is 4.74 Å². The number of carbonyl (C=O) groups excluding carboxylic acids is 1. The van der Waals surface area contributed by atoms with Gasteiger partial charge in [-0.3, -0.25) is 4.79 Å². The van der Waals surface area contributed by atoms with Gasteiger partial charge in [-0.25, -0.2) is 0 Å². The Morgan fingerprint density at radius 2 is 1.70 bits per heavy atom. The van der Waals surface area contributed by atoms with E-state index >= 15 is 0 Å². The van der Waals surface area contributed by atoms with Gasteiger partial charge in [0.15, 0.2) is 0 Å². The van der Waals surface area contributed by atoms with Gasteiger partial charge in [0.05, 0.1) is 5.92 Å². The van der Waals surface area contributed by atoms with Crippen LogP contribution in [0.25, 0.3) is 0 Å². The van der Waals surface area contributed by atoms with E-state index in [1.54, 1.807) is 0 Å². The Morgan fingerprint density at radius 3 is 2.17 bits per heavy atom. The highest BCUT2D eigenvalue weighted by Crippen LogP contribution is 2.22. The smallest absolute Gasteiger partial charge is 0.313 e. The minimum absolute atomic E-state index is 0.101. The van der Waals surface area contributed by atoms with Gasteiger partial charge < -0.3 is 9.64 Å². The lowest BCUT2D eigenvalue weighted by Crippen LogP contribution is -2.28. The highest BCUT2D eigenvalue weighted by molar-refractivity contribution is 5.78. The Morgan fingerprint density at radius 1 is 1.09 bits per heavy atom. The lowest BCUT2D eigenvalue weighted by molar-refractivity contribution is -0.146. The molecule has 1 rings (SSSR count). The van der Waals surface area contributed by atoms with Gasteiger partial charge in [0.25, 0.3) is 0 Å². The van der Waals surface area contributed by atoms with Crippen molar-refractivity contribution in [2.45, 2.75) is 53.4 Å². The first-order chi connectivity index (χ1) is 11.0. The molecule has 0 amide bonds. The van der Waals surface area contributed by atoms with Crippen molar-refractivity contribution in [3.8, 4) is 0 Å². The molecule has 0 aliphatic rings. The fourth-order valence-electron chi connectivity index (χ4n) is 2.81. The molecule has 1 atom stereocenters. The molecule has 0 spiro atoms. The molecule has 1 aromatic rings. The first-order valence-corrected chi connectivity index (χ1v) is 8.99.